The molecule has 0 aliphatic heterocycles. The van der Waals surface area contributed by atoms with E-state index in [0.717, 1.165) is 32.4 Å². The highest BCUT2D eigenvalue weighted by Crippen LogP contribution is 2.26. The standard InChI is InChI=1S/C23H32N2O2/c1-27-17-9-16-25(23(26)21-12-6-3-7-13-21)19-22-14-8-15-24(22)18-20-10-4-2-5-11-20/h2,4-5,8,10-11,14-15,21H,3,6-7,9,12-13,16-19H2,1H3. The number of benzene rings is 1. The van der Waals surface area contributed by atoms with Crippen molar-refractivity contribution in [2.45, 2.75) is 51.6 Å². The molecule has 0 saturated heterocycles. The van der Waals surface area contributed by atoms with E-state index >= 15 is 0 Å². The fraction of sp³-hybridized carbons (Fsp3) is 0.522. The molecule has 1 amide bonds. The molecule has 0 unspecified atom stereocenters. The van der Waals surface area contributed by atoms with Crippen molar-refractivity contribution < 1.29 is 9.53 Å². The molecular weight excluding hydrogens is 336 g/mol. The zero-order valence-electron chi connectivity index (χ0n) is 16.5. The van der Waals surface area contributed by atoms with Crippen LogP contribution in [0.15, 0.2) is 48.7 Å². The molecule has 0 spiro atoms. The van der Waals surface area contributed by atoms with Gasteiger partial charge in [0.2, 0.25) is 5.91 Å². The van der Waals surface area contributed by atoms with Crippen LogP contribution in [0.2, 0.25) is 0 Å². The van der Waals surface area contributed by atoms with Gasteiger partial charge in [-0.05, 0) is 37.0 Å². The zero-order chi connectivity index (χ0) is 18.9. The van der Waals surface area contributed by atoms with Gasteiger partial charge >= 0.3 is 0 Å². The highest BCUT2D eigenvalue weighted by molar-refractivity contribution is 5.78. The number of nitrogens with zero attached hydrogens (tertiary/aromatic N) is 2. The van der Waals surface area contributed by atoms with Crippen LogP contribution in [0.25, 0.3) is 0 Å². The molecule has 4 heteroatoms. The lowest BCUT2D eigenvalue weighted by molar-refractivity contribution is -0.137. The van der Waals surface area contributed by atoms with Gasteiger partial charge in [-0.1, -0.05) is 49.6 Å². The first-order valence-electron chi connectivity index (χ1n) is 10.2. The molecule has 1 aromatic carbocycles. The maximum absolute atomic E-state index is 13.2. The SMILES string of the molecule is COCCCN(Cc1cccn1Cc1ccccc1)C(=O)C1CCCCC1. The Morgan fingerprint density at radius 2 is 1.89 bits per heavy atom. The number of carbonyl (C=O) groups excluding carboxylic acids is 1. The summed E-state index contributed by atoms with van der Waals surface area (Å²) in [6.07, 6.45) is 8.73. The van der Waals surface area contributed by atoms with Gasteiger partial charge in [-0.25, -0.2) is 0 Å². The number of aromatic nitrogens is 1. The smallest absolute Gasteiger partial charge is 0.226 e. The van der Waals surface area contributed by atoms with Crippen molar-refractivity contribution in [3.8, 4) is 0 Å². The molecule has 1 aliphatic rings. The predicted molar refractivity (Wildman–Crippen MR) is 108 cm³/mol. The summed E-state index contributed by atoms with van der Waals surface area (Å²) in [5.41, 5.74) is 2.47. The molecular formula is C23H32N2O2. The van der Waals surface area contributed by atoms with Crippen molar-refractivity contribution in [3.05, 3.63) is 59.9 Å². The van der Waals surface area contributed by atoms with E-state index in [1.165, 1.54) is 30.5 Å². The molecule has 0 radical (unpaired) electrons. The second-order valence-corrected chi connectivity index (χ2v) is 7.55. The Morgan fingerprint density at radius 3 is 2.63 bits per heavy atom. The first-order valence-corrected chi connectivity index (χ1v) is 10.2. The number of ether oxygens (including phenoxy) is 1. The summed E-state index contributed by atoms with van der Waals surface area (Å²) in [6, 6.07) is 14.7. The van der Waals surface area contributed by atoms with Gasteiger partial charge in [0.05, 0.1) is 6.54 Å². The minimum Gasteiger partial charge on any atom is -0.385 e. The molecule has 1 heterocycles. The molecule has 0 atom stereocenters. The van der Waals surface area contributed by atoms with E-state index in [1.807, 2.05) is 6.07 Å². The molecule has 0 N–H and O–H groups in total. The van der Waals surface area contributed by atoms with Gasteiger partial charge in [-0.2, -0.15) is 0 Å². The van der Waals surface area contributed by atoms with Gasteiger partial charge in [-0.15, -0.1) is 0 Å². The van der Waals surface area contributed by atoms with E-state index < -0.39 is 0 Å². The maximum atomic E-state index is 13.2. The third-order valence-electron chi connectivity index (χ3n) is 5.51. The van der Waals surface area contributed by atoms with Crippen molar-refractivity contribution in [3.63, 3.8) is 0 Å². The molecule has 1 aromatic heterocycles. The van der Waals surface area contributed by atoms with Crippen molar-refractivity contribution in [1.29, 1.82) is 0 Å². The molecule has 2 aromatic rings. The molecule has 4 nitrogen and oxygen atoms in total. The first kappa shape index (κ1) is 19.7. The third-order valence-corrected chi connectivity index (χ3v) is 5.51. The summed E-state index contributed by atoms with van der Waals surface area (Å²) in [6.45, 7) is 2.98. The minimum absolute atomic E-state index is 0.207. The average Bonchev–Trinajstić information content (AvgIpc) is 3.15. The van der Waals surface area contributed by atoms with E-state index in [-0.39, 0.29) is 5.92 Å². The second-order valence-electron chi connectivity index (χ2n) is 7.55. The van der Waals surface area contributed by atoms with Crippen LogP contribution in [0.5, 0.6) is 0 Å². The van der Waals surface area contributed by atoms with Crippen LogP contribution in [0.3, 0.4) is 0 Å². The Hall–Kier alpha value is -2.07. The number of methoxy groups -OCH3 is 1. The molecule has 1 aliphatic carbocycles. The number of hydrogen-bond donors (Lipinski definition) is 0. The van der Waals surface area contributed by atoms with Gasteiger partial charge < -0.3 is 14.2 Å². The summed E-state index contributed by atoms with van der Waals surface area (Å²) in [4.78, 5) is 15.2. The first-order chi connectivity index (χ1) is 13.3. The number of hydrogen-bond acceptors (Lipinski definition) is 2. The van der Waals surface area contributed by atoms with Crippen LogP contribution >= 0.6 is 0 Å². The van der Waals surface area contributed by atoms with Crippen LogP contribution in [0.1, 0.15) is 49.8 Å². The monoisotopic (exact) mass is 368 g/mol. The van der Waals surface area contributed by atoms with Crippen LogP contribution in [-0.4, -0.2) is 35.6 Å². The zero-order valence-corrected chi connectivity index (χ0v) is 16.5. The van der Waals surface area contributed by atoms with Gasteiger partial charge in [0.1, 0.15) is 0 Å². The predicted octanol–water partition coefficient (Wildman–Crippen LogP) is 4.48. The topological polar surface area (TPSA) is 34.5 Å². The number of carbonyl (C=O) groups is 1. The lowest BCUT2D eigenvalue weighted by atomic mass is 9.88. The summed E-state index contributed by atoms with van der Waals surface area (Å²) in [5.74, 6) is 0.539. The Bertz CT molecular complexity index is 689. The maximum Gasteiger partial charge on any atom is 0.226 e. The largest absolute Gasteiger partial charge is 0.385 e. The Labute approximate surface area is 163 Å². The van der Waals surface area contributed by atoms with Gasteiger partial charge in [-0.3, -0.25) is 4.79 Å². The minimum atomic E-state index is 0.207. The molecule has 1 saturated carbocycles. The fourth-order valence-electron chi connectivity index (χ4n) is 4.00. The van der Waals surface area contributed by atoms with Gasteiger partial charge in [0, 0.05) is 44.6 Å². The molecule has 27 heavy (non-hydrogen) atoms. The molecule has 3 rings (SSSR count). The van der Waals surface area contributed by atoms with Crippen molar-refractivity contribution in [2.75, 3.05) is 20.3 Å². The number of rotatable bonds is 9. The Balaban J connectivity index is 1.69. The summed E-state index contributed by atoms with van der Waals surface area (Å²) >= 11 is 0. The van der Waals surface area contributed by atoms with Crippen molar-refractivity contribution in [1.82, 2.24) is 9.47 Å². The molecule has 0 bridgehead atoms. The van der Waals surface area contributed by atoms with E-state index in [9.17, 15) is 4.79 Å². The normalized spacial score (nSPS) is 15.0. The average molecular weight is 369 g/mol. The van der Waals surface area contributed by atoms with Crippen LogP contribution in [0.4, 0.5) is 0 Å². The van der Waals surface area contributed by atoms with E-state index in [0.29, 0.717) is 19.1 Å². The quantitative estimate of drug-likeness (QED) is 0.612. The van der Waals surface area contributed by atoms with Crippen LogP contribution in [-0.2, 0) is 22.6 Å². The Kier molecular flexibility index (Phi) is 7.52. The summed E-state index contributed by atoms with van der Waals surface area (Å²) in [7, 11) is 1.72. The van der Waals surface area contributed by atoms with E-state index in [4.69, 9.17) is 4.74 Å². The van der Waals surface area contributed by atoms with E-state index in [2.05, 4.69) is 52.1 Å². The van der Waals surface area contributed by atoms with E-state index in [1.54, 1.807) is 7.11 Å². The summed E-state index contributed by atoms with van der Waals surface area (Å²) in [5, 5.41) is 0. The van der Waals surface area contributed by atoms with Crippen LogP contribution in [0, 0.1) is 5.92 Å². The Morgan fingerprint density at radius 1 is 1.11 bits per heavy atom. The van der Waals surface area contributed by atoms with Crippen molar-refractivity contribution >= 4 is 5.91 Å². The fourth-order valence-corrected chi connectivity index (χ4v) is 4.00. The van der Waals surface area contributed by atoms with Crippen molar-refractivity contribution in [2.24, 2.45) is 5.92 Å². The highest BCUT2D eigenvalue weighted by Gasteiger charge is 2.26. The highest BCUT2D eigenvalue weighted by atomic mass is 16.5. The third kappa shape index (κ3) is 5.70. The molecule has 146 valence electrons. The lowest BCUT2D eigenvalue weighted by Gasteiger charge is -2.30. The molecule has 1 fully saturated rings. The number of amides is 1. The van der Waals surface area contributed by atoms with Gasteiger partial charge in [0.15, 0.2) is 0 Å². The summed E-state index contributed by atoms with van der Waals surface area (Å²) < 4.78 is 7.47. The van der Waals surface area contributed by atoms with Gasteiger partial charge in [0.25, 0.3) is 0 Å². The lowest BCUT2D eigenvalue weighted by Crippen LogP contribution is -2.38. The van der Waals surface area contributed by atoms with Crippen LogP contribution < -0.4 is 0 Å². The second kappa shape index (κ2) is 10.3.